The van der Waals surface area contributed by atoms with Gasteiger partial charge in [0.05, 0.1) is 11.6 Å². The molecule has 3 fully saturated rings. The summed E-state index contributed by atoms with van der Waals surface area (Å²) in [6.07, 6.45) is 3.22. The molecule has 2 saturated carbocycles. The summed E-state index contributed by atoms with van der Waals surface area (Å²) in [6, 6.07) is 3.49. The molecule has 31 heavy (non-hydrogen) atoms. The van der Waals surface area contributed by atoms with Crippen LogP contribution in [-0.4, -0.2) is 48.7 Å². The van der Waals surface area contributed by atoms with Gasteiger partial charge in [-0.3, -0.25) is 19.1 Å². The SMILES string of the molecule is NC(=O)c1nn(CC(=O)N2[C@@H]3C[C@@H]3C[C@H]2C(=O)CC[C@H]2CC2(Cl)Cl)c2ccc(F)cc12. The number of nitrogens with two attached hydrogens (primary N) is 1. The van der Waals surface area contributed by atoms with E-state index in [0.29, 0.717) is 37.1 Å². The number of carbonyl (C=O) groups is 3. The number of rotatable bonds is 7. The van der Waals surface area contributed by atoms with Crippen molar-refractivity contribution in [3.05, 3.63) is 29.7 Å². The second-order valence-electron chi connectivity index (χ2n) is 8.81. The Morgan fingerprint density at radius 1 is 1.26 bits per heavy atom. The number of fused-ring (bicyclic) bond motifs is 2. The van der Waals surface area contributed by atoms with Crippen LogP contribution in [0.25, 0.3) is 10.9 Å². The minimum Gasteiger partial charge on any atom is -0.364 e. The molecule has 2 aromatic rings. The predicted octanol–water partition coefficient (Wildman–Crippen LogP) is 2.81. The molecular formula is C21H21Cl2FN4O3. The number of amides is 2. The molecule has 4 atom stereocenters. The molecule has 1 saturated heterocycles. The number of nitrogens with zero attached hydrogens (tertiary/aromatic N) is 3. The molecule has 1 aromatic heterocycles. The van der Waals surface area contributed by atoms with E-state index in [1.165, 1.54) is 22.9 Å². The van der Waals surface area contributed by atoms with E-state index < -0.39 is 22.1 Å². The first-order valence-electron chi connectivity index (χ1n) is 10.3. The second kappa shape index (κ2) is 7.17. The van der Waals surface area contributed by atoms with E-state index in [2.05, 4.69) is 5.10 Å². The number of halogens is 3. The molecule has 164 valence electrons. The summed E-state index contributed by atoms with van der Waals surface area (Å²) < 4.78 is 14.3. The van der Waals surface area contributed by atoms with Crippen molar-refractivity contribution in [3.8, 4) is 0 Å². The molecule has 5 rings (SSSR count). The second-order valence-corrected chi connectivity index (χ2v) is 10.4. The van der Waals surface area contributed by atoms with Gasteiger partial charge in [0.15, 0.2) is 11.5 Å². The fourth-order valence-corrected chi connectivity index (χ4v) is 5.42. The van der Waals surface area contributed by atoms with Gasteiger partial charge < -0.3 is 10.6 Å². The summed E-state index contributed by atoms with van der Waals surface area (Å²) in [6.45, 7) is -0.155. The zero-order chi connectivity index (χ0) is 22.1. The zero-order valence-electron chi connectivity index (χ0n) is 16.6. The van der Waals surface area contributed by atoms with Crippen LogP contribution in [-0.2, 0) is 16.1 Å². The molecule has 10 heteroatoms. The number of primary amides is 1. The van der Waals surface area contributed by atoms with Gasteiger partial charge in [-0.1, -0.05) is 0 Å². The van der Waals surface area contributed by atoms with Gasteiger partial charge in [0, 0.05) is 17.8 Å². The van der Waals surface area contributed by atoms with Crippen LogP contribution in [0.15, 0.2) is 18.2 Å². The van der Waals surface area contributed by atoms with Crippen molar-refractivity contribution < 1.29 is 18.8 Å². The average molecular weight is 467 g/mol. The minimum atomic E-state index is -0.798. The normalized spacial score (nSPS) is 27.9. The quantitative estimate of drug-likeness (QED) is 0.634. The highest BCUT2D eigenvalue weighted by Crippen LogP contribution is 2.55. The van der Waals surface area contributed by atoms with Gasteiger partial charge in [0.1, 0.15) is 16.7 Å². The van der Waals surface area contributed by atoms with Crippen LogP contribution < -0.4 is 5.73 Å². The summed E-state index contributed by atoms with van der Waals surface area (Å²) in [5.41, 5.74) is 5.72. The molecular weight excluding hydrogens is 446 g/mol. The Kier molecular flexibility index (Phi) is 4.79. The van der Waals surface area contributed by atoms with Gasteiger partial charge in [-0.15, -0.1) is 23.2 Å². The smallest absolute Gasteiger partial charge is 0.269 e. The molecule has 3 aliphatic rings. The molecule has 2 N–H and O–H groups in total. The Bertz CT molecular complexity index is 1120. The predicted molar refractivity (Wildman–Crippen MR) is 112 cm³/mol. The van der Waals surface area contributed by atoms with Crippen molar-refractivity contribution in [1.29, 1.82) is 0 Å². The molecule has 0 unspecified atom stereocenters. The lowest BCUT2D eigenvalue weighted by Gasteiger charge is -2.27. The average Bonchev–Trinajstić information content (AvgIpc) is 3.49. The molecule has 1 aliphatic heterocycles. The van der Waals surface area contributed by atoms with Crippen molar-refractivity contribution in [2.75, 3.05) is 0 Å². The monoisotopic (exact) mass is 466 g/mol. The molecule has 2 amide bonds. The van der Waals surface area contributed by atoms with Crippen LogP contribution in [0.1, 0.15) is 42.6 Å². The van der Waals surface area contributed by atoms with Gasteiger partial charge in [-0.2, -0.15) is 5.10 Å². The molecule has 1 aromatic carbocycles. The summed E-state index contributed by atoms with van der Waals surface area (Å²) in [5.74, 6) is -1.06. The van der Waals surface area contributed by atoms with Crippen molar-refractivity contribution in [2.45, 2.75) is 55.1 Å². The van der Waals surface area contributed by atoms with Crippen LogP contribution in [0, 0.1) is 17.7 Å². The standard InChI is InChI=1S/C21H21Cl2FN4O3/c22-21(23)8-11(21)1-4-17(29)16-6-10-5-15(10)28(16)18(30)9-27-14-3-2-12(24)7-13(14)19(26-27)20(25)31/h2-3,7,10-11,15-16H,1,4-6,8-9H2,(H2,25,31)/t10-,11+,15-,16+/m1/s1. The minimum absolute atomic E-state index is 0.0294. The number of carbonyl (C=O) groups excluding carboxylic acids is 3. The first-order chi connectivity index (χ1) is 14.7. The summed E-state index contributed by atoms with van der Waals surface area (Å²) >= 11 is 12.1. The van der Waals surface area contributed by atoms with Crippen LogP contribution in [0.2, 0.25) is 0 Å². The van der Waals surface area contributed by atoms with Gasteiger partial charge >= 0.3 is 0 Å². The maximum atomic E-state index is 13.7. The summed E-state index contributed by atoms with van der Waals surface area (Å²) in [4.78, 5) is 39.5. The van der Waals surface area contributed by atoms with Gasteiger partial charge in [-0.25, -0.2) is 4.39 Å². The number of piperidine rings is 1. The Hall–Kier alpha value is -2.19. The lowest BCUT2D eigenvalue weighted by Crippen LogP contribution is -2.44. The van der Waals surface area contributed by atoms with Gasteiger partial charge in [0.25, 0.3) is 5.91 Å². The van der Waals surface area contributed by atoms with Crippen LogP contribution in [0.4, 0.5) is 4.39 Å². The van der Waals surface area contributed by atoms with E-state index in [0.717, 1.165) is 6.42 Å². The van der Waals surface area contributed by atoms with Gasteiger partial charge in [0.2, 0.25) is 5.91 Å². The zero-order valence-corrected chi connectivity index (χ0v) is 18.1. The topological polar surface area (TPSA) is 98.3 Å². The molecule has 0 spiro atoms. The van der Waals surface area contributed by atoms with Crippen LogP contribution >= 0.6 is 23.2 Å². The maximum absolute atomic E-state index is 13.7. The molecule has 7 nitrogen and oxygen atoms in total. The Labute approximate surface area is 187 Å². The number of benzene rings is 1. The van der Waals surface area contributed by atoms with E-state index in [9.17, 15) is 18.8 Å². The van der Waals surface area contributed by atoms with E-state index in [4.69, 9.17) is 28.9 Å². The lowest BCUT2D eigenvalue weighted by molar-refractivity contribution is -0.139. The molecule has 0 bridgehead atoms. The fourth-order valence-electron chi connectivity index (χ4n) is 4.83. The Balaban J connectivity index is 1.33. The van der Waals surface area contributed by atoms with E-state index in [1.54, 1.807) is 4.90 Å². The highest BCUT2D eigenvalue weighted by Gasteiger charge is 2.56. The van der Waals surface area contributed by atoms with Gasteiger partial charge in [-0.05, 0) is 55.7 Å². The van der Waals surface area contributed by atoms with Crippen molar-refractivity contribution in [3.63, 3.8) is 0 Å². The maximum Gasteiger partial charge on any atom is 0.269 e. The van der Waals surface area contributed by atoms with E-state index in [-0.39, 0.29) is 41.3 Å². The summed E-state index contributed by atoms with van der Waals surface area (Å²) in [7, 11) is 0. The number of hydrogen-bond acceptors (Lipinski definition) is 4. The summed E-state index contributed by atoms with van der Waals surface area (Å²) in [5, 5.41) is 4.41. The van der Waals surface area contributed by atoms with E-state index >= 15 is 0 Å². The molecule has 2 heterocycles. The number of hydrogen-bond donors (Lipinski definition) is 1. The molecule has 0 radical (unpaired) electrons. The third kappa shape index (κ3) is 3.69. The van der Waals surface area contributed by atoms with Crippen molar-refractivity contribution in [2.24, 2.45) is 17.6 Å². The first-order valence-corrected chi connectivity index (χ1v) is 11.1. The number of aromatic nitrogens is 2. The van der Waals surface area contributed by atoms with Crippen LogP contribution in [0.5, 0.6) is 0 Å². The highest BCUT2D eigenvalue weighted by atomic mass is 35.5. The third-order valence-corrected chi connectivity index (χ3v) is 7.62. The number of likely N-dealkylation sites (tertiary alicyclic amines) is 1. The fraction of sp³-hybridized carbons (Fsp3) is 0.524. The Morgan fingerprint density at radius 3 is 2.68 bits per heavy atom. The number of ketones is 1. The lowest BCUT2D eigenvalue weighted by atomic mass is 10.0. The number of Topliss-reactive ketones (excluding diaryl/α,β-unsaturated/α-hetero) is 1. The van der Waals surface area contributed by atoms with Crippen molar-refractivity contribution in [1.82, 2.24) is 14.7 Å². The van der Waals surface area contributed by atoms with Crippen LogP contribution in [0.3, 0.4) is 0 Å². The third-order valence-electron chi connectivity index (χ3n) is 6.69. The first kappa shape index (κ1) is 20.7. The number of alkyl halides is 2. The van der Waals surface area contributed by atoms with E-state index in [1.807, 2.05) is 0 Å². The highest BCUT2D eigenvalue weighted by molar-refractivity contribution is 6.50. The molecule has 2 aliphatic carbocycles. The van der Waals surface area contributed by atoms with Crippen molar-refractivity contribution >= 4 is 51.7 Å². The Morgan fingerprint density at radius 2 is 2.00 bits per heavy atom. The largest absolute Gasteiger partial charge is 0.364 e.